The Morgan fingerprint density at radius 3 is 1.15 bits per heavy atom. The molecule has 5 aromatic rings. The molecule has 5 rings (SSSR count). The van der Waals surface area contributed by atoms with Crippen LogP contribution < -0.4 is 21.3 Å². The summed E-state index contributed by atoms with van der Waals surface area (Å²) in [4.78, 5) is 77.0. The van der Waals surface area contributed by atoms with E-state index in [0.717, 1.165) is 13.8 Å². The van der Waals surface area contributed by atoms with Crippen LogP contribution in [-0.2, 0) is 19.2 Å². The Balaban J connectivity index is 1.21. The van der Waals surface area contributed by atoms with E-state index in [0.29, 0.717) is 10.0 Å². The Morgan fingerprint density at radius 1 is 0.450 bits per heavy atom. The SMILES string of the molecule is CC(=O)C(N=Nc1ccc(Cl)c(C(=O)Nc2ccc(Cl)cc2Cl)c1)C(=O)Nc1ccc(NC(=O)C(N=Nc2ccc(Cl)c(C(=O)Nc3ccc(Cl)cc3Cl)c2)C(C)=O)cc1. The summed E-state index contributed by atoms with van der Waals surface area (Å²) in [5, 5.41) is 27.5. The summed E-state index contributed by atoms with van der Waals surface area (Å²) in [5.74, 6) is -4.12. The third-order valence-corrected chi connectivity index (χ3v) is 9.77. The highest BCUT2D eigenvalue weighted by atomic mass is 35.5. The Bertz CT molecular complexity index is 2410. The zero-order valence-electron chi connectivity index (χ0n) is 30.9. The van der Waals surface area contributed by atoms with Gasteiger partial charge in [0, 0.05) is 21.4 Å². The van der Waals surface area contributed by atoms with Crippen LogP contribution in [0.5, 0.6) is 0 Å². The molecule has 60 heavy (non-hydrogen) atoms. The van der Waals surface area contributed by atoms with Gasteiger partial charge in [0.05, 0.1) is 54.0 Å². The molecule has 4 amide bonds. The van der Waals surface area contributed by atoms with Gasteiger partial charge in [-0.25, -0.2) is 0 Å². The first-order valence-electron chi connectivity index (χ1n) is 17.2. The van der Waals surface area contributed by atoms with E-state index in [1.54, 1.807) is 12.1 Å². The first kappa shape index (κ1) is 45.3. The molecule has 5 aromatic carbocycles. The maximum Gasteiger partial charge on any atom is 0.258 e. The van der Waals surface area contributed by atoms with Crippen LogP contribution in [0.2, 0.25) is 30.1 Å². The number of nitrogens with one attached hydrogen (secondary N) is 4. The molecule has 0 aromatic heterocycles. The Labute approximate surface area is 371 Å². The topological polar surface area (TPSA) is 200 Å². The molecule has 0 saturated carbocycles. The molecule has 14 nitrogen and oxygen atoms in total. The average Bonchev–Trinajstić information content (AvgIpc) is 3.18. The highest BCUT2D eigenvalue weighted by Gasteiger charge is 2.25. The van der Waals surface area contributed by atoms with Crippen LogP contribution in [0.15, 0.2) is 118 Å². The number of Topliss-reactive ketones (excluding diaryl/α,β-unsaturated/α-hetero) is 2. The van der Waals surface area contributed by atoms with E-state index >= 15 is 0 Å². The van der Waals surface area contributed by atoms with Gasteiger partial charge < -0.3 is 21.3 Å². The quantitative estimate of drug-likeness (QED) is 0.0630. The Hall–Kier alpha value is -5.74. The number of azo groups is 2. The molecule has 0 spiro atoms. The van der Waals surface area contributed by atoms with Crippen molar-refractivity contribution in [2.45, 2.75) is 25.9 Å². The largest absolute Gasteiger partial charge is 0.324 e. The van der Waals surface area contributed by atoms with E-state index in [1.807, 2.05) is 0 Å². The van der Waals surface area contributed by atoms with Gasteiger partial charge in [0.2, 0.25) is 12.1 Å². The van der Waals surface area contributed by atoms with E-state index in [1.165, 1.54) is 84.9 Å². The highest BCUT2D eigenvalue weighted by Crippen LogP contribution is 2.30. The molecule has 0 aliphatic heterocycles. The number of carbonyl (C=O) groups is 6. The van der Waals surface area contributed by atoms with Crippen molar-refractivity contribution in [2.75, 3.05) is 21.3 Å². The Morgan fingerprint density at radius 2 is 0.817 bits per heavy atom. The first-order chi connectivity index (χ1) is 28.5. The number of amides is 4. The smallest absolute Gasteiger partial charge is 0.258 e. The predicted octanol–water partition coefficient (Wildman–Crippen LogP) is 11.5. The van der Waals surface area contributed by atoms with Gasteiger partial charge in [0.15, 0.2) is 11.6 Å². The van der Waals surface area contributed by atoms with Crippen molar-refractivity contribution >= 4 is 139 Å². The molecule has 2 unspecified atom stereocenters. The number of halogens is 6. The number of rotatable bonds is 14. The fraction of sp³-hybridized carbons (Fsp3) is 0.100. The third-order valence-electron chi connectivity index (χ3n) is 8.01. The van der Waals surface area contributed by atoms with Crippen LogP contribution in [-0.4, -0.2) is 47.3 Å². The maximum atomic E-state index is 13.1. The van der Waals surface area contributed by atoms with E-state index in [-0.39, 0.29) is 65.3 Å². The van der Waals surface area contributed by atoms with Gasteiger partial charge in [-0.3, -0.25) is 28.8 Å². The number of hydrogen-bond donors (Lipinski definition) is 4. The lowest BCUT2D eigenvalue weighted by Gasteiger charge is -2.12. The monoisotopic (exact) mass is 926 g/mol. The highest BCUT2D eigenvalue weighted by molar-refractivity contribution is 6.38. The number of anilines is 4. The van der Waals surface area contributed by atoms with E-state index < -0.39 is 47.3 Å². The summed E-state index contributed by atoms with van der Waals surface area (Å²) in [6.45, 7) is 2.31. The Kier molecular flexibility index (Phi) is 15.5. The fourth-order valence-electron chi connectivity index (χ4n) is 5.00. The van der Waals surface area contributed by atoms with Crippen molar-refractivity contribution in [3.05, 3.63) is 138 Å². The van der Waals surface area contributed by atoms with Crippen LogP contribution in [0.25, 0.3) is 0 Å². The van der Waals surface area contributed by atoms with Gasteiger partial charge in [-0.15, -0.1) is 0 Å². The third kappa shape index (κ3) is 12.2. The van der Waals surface area contributed by atoms with Crippen LogP contribution in [0.4, 0.5) is 34.1 Å². The van der Waals surface area contributed by atoms with Crippen molar-refractivity contribution in [1.82, 2.24) is 0 Å². The van der Waals surface area contributed by atoms with E-state index in [2.05, 4.69) is 41.7 Å². The first-order valence-corrected chi connectivity index (χ1v) is 19.4. The zero-order valence-corrected chi connectivity index (χ0v) is 35.4. The van der Waals surface area contributed by atoms with Crippen molar-refractivity contribution in [1.29, 1.82) is 0 Å². The van der Waals surface area contributed by atoms with Gasteiger partial charge in [-0.05, 0) is 111 Å². The lowest BCUT2D eigenvalue weighted by molar-refractivity contribution is -0.127. The molecule has 306 valence electrons. The normalized spacial score (nSPS) is 12.1. The summed E-state index contributed by atoms with van der Waals surface area (Å²) in [5.41, 5.74) is 1.32. The standard InChI is InChI=1S/C40H28Cl6N8O6/c1-19(55)35(53-51-25-9-11-29(43)27(17-25)37(57)49-33-13-3-21(41)15-31(33)45)39(59)47-23-5-7-24(8-6-23)48-40(60)36(20(2)56)54-52-26-10-12-30(44)28(18-26)38(58)50-34-14-4-22(42)16-32(34)46/h3-18,35-36H,1-2H3,(H,47,59)(H,48,60)(H,49,57)(H,50,58). The molecule has 0 fully saturated rings. The van der Waals surface area contributed by atoms with Gasteiger partial charge in [0.1, 0.15) is 0 Å². The second-order valence-corrected chi connectivity index (χ2v) is 15.0. The van der Waals surface area contributed by atoms with Crippen molar-refractivity contribution in [3.8, 4) is 0 Å². The van der Waals surface area contributed by atoms with E-state index in [9.17, 15) is 28.8 Å². The van der Waals surface area contributed by atoms with Gasteiger partial charge in [-0.1, -0.05) is 69.6 Å². The lowest BCUT2D eigenvalue weighted by Crippen LogP contribution is -2.32. The fourth-order valence-corrected chi connectivity index (χ4v) is 6.32. The van der Waals surface area contributed by atoms with Gasteiger partial charge in [-0.2, -0.15) is 20.5 Å². The van der Waals surface area contributed by atoms with Crippen LogP contribution in [0.1, 0.15) is 34.6 Å². The van der Waals surface area contributed by atoms with Crippen molar-refractivity contribution < 1.29 is 28.8 Å². The number of hydrogen-bond acceptors (Lipinski definition) is 10. The van der Waals surface area contributed by atoms with Crippen molar-refractivity contribution in [2.24, 2.45) is 20.5 Å². The molecular formula is C40H28Cl6N8O6. The molecular weight excluding hydrogens is 901 g/mol. The minimum absolute atomic E-state index is 0.0203. The number of carbonyl (C=O) groups excluding carboxylic acids is 6. The summed E-state index contributed by atoms with van der Waals surface area (Å²) in [6, 6.07) is 20.0. The molecule has 0 heterocycles. The molecule has 0 bridgehead atoms. The lowest BCUT2D eigenvalue weighted by atomic mass is 10.1. The average molecular weight is 929 g/mol. The maximum absolute atomic E-state index is 13.1. The van der Waals surface area contributed by atoms with Gasteiger partial charge >= 0.3 is 0 Å². The van der Waals surface area contributed by atoms with Crippen LogP contribution in [0.3, 0.4) is 0 Å². The number of nitrogens with zero attached hydrogens (tertiary/aromatic N) is 4. The number of benzene rings is 5. The van der Waals surface area contributed by atoms with Crippen molar-refractivity contribution in [3.63, 3.8) is 0 Å². The number of ketones is 2. The van der Waals surface area contributed by atoms with Gasteiger partial charge in [0.25, 0.3) is 23.6 Å². The molecule has 0 aliphatic carbocycles. The minimum Gasteiger partial charge on any atom is -0.324 e. The predicted molar refractivity (Wildman–Crippen MR) is 233 cm³/mol. The van der Waals surface area contributed by atoms with Crippen LogP contribution in [0, 0.1) is 0 Å². The summed E-state index contributed by atoms with van der Waals surface area (Å²) in [7, 11) is 0. The zero-order chi connectivity index (χ0) is 43.7. The second kappa shape index (κ2) is 20.5. The molecule has 0 saturated heterocycles. The second-order valence-electron chi connectivity index (χ2n) is 12.5. The summed E-state index contributed by atoms with van der Waals surface area (Å²) in [6.07, 6.45) is 0. The molecule has 2 atom stereocenters. The summed E-state index contributed by atoms with van der Waals surface area (Å²) < 4.78 is 0. The molecule has 0 radical (unpaired) electrons. The molecule has 0 aliphatic rings. The minimum atomic E-state index is -1.57. The van der Waals surface area contributed by atoms with E-state index in [4.69, 9.17) is 69.6 Å². The molecule has 4 N–H and O–H groups in total. The summed E-state index contributed by atoms with van der Waals surface area (Å²) >= 11 is 36.7. The molecule has 20 heteroatoms. The van der Waals surface area contributed by atoms with Crippen LogP contribution >= 0.6 is 69.6 Å².